The quantitative estimate of drug-likeness (QED) is 0.725. The molecule has 0 radical (unpaired) electrons. The molecule has 0 bridgehead atoms. The Morgan fingerprint density at radius 3 is 2.40 bits per heavy atom. The number of methoxy groups -OCH3 is 1. The molecule has 1 N–H and O–H groups in total. The van der Waals surface area contributed by atoms with Crippen molar-refractivity contribution < 1.29 is 13.2 Å². The first-order valence-electron chi connectivity index (χ1n) is 7.59. The van der Waals surface area contributed by atoms with Crippen LogP contribution in [-0.2, 0) is 10.0 Å². The molecule has 1 aromatic heterocycles. The average molecular weight is 374 g/mol. The lowest BCUT2D eigenvalue weighted by Gasteiger charge is -2.12. The zero-order valence-corrected chi connectivity index (χ0v) is 15.7. The monoisotopic (exact) mass is 374 g/mol. The Morgan fingerprint density at radius 1 is 1.08 bits per heavy atom. The molecule has 1 heterocycles. The molecule has 0 unspecified atom stereocenters. The summed E-state index contributed by atoms with van der Waals surface area (Å²) in [5.74, 6) is 0.667. The van der Waals surface area contributed by atoms with Crippen LogP contribution in [0.15, 0.2) is 52.7 Å². The van der Waals surface area contributed by atoms with E-state index in [1.807, 2.05) is 18.4 Å². The lowest BCUT2D eigenvalue weighted by Crippen LogP contribution is -2.14. The molecular weight excluding hydrogens is 356 g/mol. The molecule has 25 heavy (non-hydrogen) atoms. The van der Waals surface area contributed by atoms with Gasteiger partial charge in [-0.15, -0.1) is 11.3 Å². The summed E-state index contributed by atoms with van der Waals surface area (Å²) in [6, 6.07) is 12.1. The average Bonchev–Trinajstić information content (AvgIpc) is 3.02. The maximum absolute atomic E-state index is 12.8. The van der Waals surface area contributed by atoms with Crippen LogP contribution in [0.1, 0.15) is 10.6 Å². The van der Waals surface area contributed by atoms with Crippen LogP contribution in [0.3, 0.4) is 0 Å². The number of aromatic nitrogens is 1. The van der Waals surface area contributed by atoms with Crippen LogP contribution in [0, 0.1) is 13.8 Å². The van der Waals surface area contributed by atoms with Crippen molar-refractivity contribution in [3.63, 3.8) is 0 Å². The van der Waals surface area contributed by atoms with Crippen molar-refractivity contribution >= 4 is 27.0 Å². The van der Waals surface area contributed by atoms with Gasteiger partial charge in [0.15, 0.2) is 0 Å². The van der Waals surface area contributed by atoms with Crippen LogP contribution < -0.4 is 9.46 Å². The number of anilines is 1. The van der Waals surface area contributed by atoms with Crippen molar-refractivity contribution in [3.8, 4) is 17.0 Å². The first kappa shape index (κ1) is 17.4. The SMILES string of the molecule is COc1ccc(NS(=O)(=O)c2cc(-c3csc(C)n3)ccc2C)cc1. The fourth-order valence-corrected chi connectivity index (χ4v) is 4.37. The standard InChI is InChI=1S/C18H18N2O3S2/c1-12-4-5-14(17-11-24-13(2)19-17)10-18(12)25(21,22)20-15-6-8-16(23-3)9-7-15/h4-11,20H,1-3H3. The first-order valence-corrected chi connectivity index (χ1v) is 9.95. The Morgan fingerprint density at radius 2 is 1.80 bits per heavy atom. The van der Waals surface area contributed by atoms with Gasteiger partial charge >= 0.3 is 0 Å². The smallest absolute Gasteiger partial charge is 0.262 e. The van der Waals surface area contributed by atoms with Crippen molar-refractivity contribution in [1.29, 1.82) is 0 Å². The van der Waals surface area contributed by atoms with Crippen LogP contribution in [0.25, 0.3) is 11.3 Å². The molecule has 0 amide bonds. The molecule has 5 nitrogen and oxygen atoms in total. The number of sulfonamides is 1. The highest BCUT2D eigenvalue weighted by Crippen LogP contribution is 2.27. The summed E-state index contributed by atoms with van der Waals surface area (Å²) in [5, 5.41) is 2.86. The predicted octanol–water partition coefficient (Wildman–Crippen LogP) is 4.24. The maximum atomic E-state index is 12.8. The van der Waals surface area contributed by atoms with Gasteiger partial charge in [-0.1, -0.05) is 12.1 Å². The third-order valence-corrected chi connectivity index (χ3v) is 6.03. The van der Waals surface area contributed by atoms with Crippen molar-refractivity contribution in [2.45, 2.75) is 18.7 Å². The first-order chi connectivity index (χ1) is 11.9. The molecule has 0 saturated heterocycles. The number of hydrogen-bond acceptors (Lipinski definition) is 5. The minimum atomic E-state index is -3.70. The third-order valence-electron chi connectivity index (χ3n) is 3.73. The van der Waals surface area contributed by atoms with Gasteiger partial charge in [-0.3, -0.25) is 4.72 Å². The summed E-state index contributed by atoms with van der Waals surface area (Å²) >= 11 is 1.53. The molecule has 130 valence electrons. The number of ether oxygens (including phenoxy) is 1. The molecule has 0 saturated carbocycles. The highest BCUT2D eigenvalue weighted by atomic mass is 32.2. The van der Waals surface area contributed by atoms with E-state index in [-0.39, 0.29) is 4.90 Å². The number of aryl methyl sites for hydroxylation is 2. The molecule has 0 atom stereocenters. The van der Waals surface area contributed by atoms with E-state index < -0.39 is 10.0 Å². The van der Waals surface area contributed by atoms with Gasteiger partial charge in [-0.05, 0) is 49.7 Å². The largest absolute Gasteiger partial charge is 0.497 e. The zero-order valence-electron chi connectivity index (χ0n) is 14.1. The molecule has 0 aliphatic carbocycles. The van der Waals surface area contributed by atoms with Gasteiger partial charge in [0.05, 0.1) is 22.7 Å². The van der Waals surface area contributed by atoms with Crippen LogP contribution in [0.5, 0.6) is 5.75 Å². The van der Waals surface area contributed by atoms with Gasteiger partial charge in [0.25, 0.3) is 10.0 Å². The lowest BCUT2D eigenvalue weighted by atomic mass is 10.1. The molecule has 0 aliphatic rings. The van der Waals surface area contributed by atoms with Crippen molar-refractivity contribution in [2.75, 3.05) is 11.8 Å². The summed E-state index contributed by atoms with van der Waals surface area (Å²) in [4.78, 5) is 4.67. The molecule has 0 aliphatic heterocycles. The topological polar surface area (TPSA) is 68.3 Å². The maximum Gasteiger partial charge on any atom is 0.262 e. The molecule has 3 aromatic rings. The Kier molecular flexibility index (Phi) is 4.78. The molecule has 3 rings (SSSR count). The van der Waals surface area contributed by atoms with E-state index in [2.05, 4.69) is 9.71 Å². The van der Waals surface area contributed by atoms with Gasteiger partial charge in [-0.25, -0.2) is 13.4 Å². The van der Waals surface area contributed by atoms with E-state index in [9.17, 15) is 8.42 Å². The van der Waals surface area contributed by atoms with E-state index in [1.165, 1.54) is 11.3 Å². The van der Waals surface area contributed by atoms with Crippen LogP contribution in [0.4, 0.5) is 5.69 Å². The summed E-state index contributed by atoms with van der Waals surface area (Å²) in [6.45, 7) is 3.70. The third kappa shape index (κ3) is 3.83. The minimum absolute atomic E-state index is 0.242. The highest BCUT2D eigenvalue weighted by Gasteiger charge is 2.18. The van der Waals surface area contributed by atoms with Gasteiger partial charge in [0.2, 0.25) is 0 Å². The number of rotatable bonds is 5. The summed E-state index contributed by atoms with van der Waals surface area (Å²) in [5.41, 5.74) is 2.72. The Balaban J connectivity index is 1.95. The summed E-state index contributed by atoms with van der Waals surface area (Å²) in [7, 11) is -2.14. The molecule has 2 aromatic carbocycles. The van der Waals surface area contributed by atoms with Crippen LogP contribution >= 0.6 is 11.3 Å². The minimum Gasteiger partial charge on any atom is -0.497 e. The number of nitrogens with zero attached hydrogens (tertiary/aromatic N) is 1. The highest BCUT2D eigenvalue weighted by molar-refractivity contribution is 7.92. The zero-order chi connectivity index (χ0) is 18.0. The Hall–Kier alpha value is -2.38. The molecule has 0 spiro atoms. The fraction of sp³-hybridized carbons (Fsp3) is 0.167. The number of thiazole rings is 1. The molecule has 7 heteroatoms. The van der Waals surface area contributed by atoms with E-state index in [0.717, 1.165) is 16.3 Å². The predicted molar refractivity (Wildman–Crippen MR) is 101 cm³/mol. The molecule has 0 fully saturated rings. The van der Waals surface area contributed by atoms with E-state index in [4.69, 9.17) is 4.74 Å². The second-order valence-corrected chi connectivity index (χ2v) is 8.28. The molecular formula is C18H18N2O3S2. The lowest BCUT2D eigenvalue weighted by molar-refractivity contribution is 0.415. The van der Waals surface area contributed by atoms with Crippen molar-refractivity contribution in [1.82, 2.24) is 4.98 Å². The fourth-order valence-electron chi connectivity index (χ4n) is 2.41. The van der Waals surface area contributed by atoms with Crippen molar-refractivity contribution in [2.24, 2.45) is 0 Å². The van der Waals surface area contributed by atoms with Gasteiger partial charge in [0, 0.05) is 16.6 Å². The second-order valence-electron chi connectivity index (χ2n) is 5.57. The number of benzene rings is 2. The Bertz CT molecular complexity index is 993. The van der Waals surface area contributed by atoms with Crippen molar-refractivity contribution in [3.05, 3.63) is 58.4 Å². The van der Waals surface area contributed by atoms with E-state index in [0.29, 0.717) is 17.0 Å². The second kappa shape index (κ2) is 6.85. The van der Waals surface area contributed by atoms with Crippen LogP contribution in [-0.4, -0.2) is 20.5 Å². The normalized spacial score (nSPS) is 11.3. The van der Waals surface area contributed by atoms with E-state index in [1.54, 1.807) is 50.4 Å². The Labute approximate surface area is 151 Å². The van der Waals surface area contributed by atoms with Crippen LogP contribution in [0.2, 0.25) is 0 Å². The van der Waals surface area contributed by atoms with Gasteiger partial charge < -0.3 is 4.74 Å². The van der Waals surface area contributed by atoms with Gasteiger partial charge in [0.1, 0.15) is 5.75 Å². The summed E-state index contributed by atoms with van der Waals surface area (Å²) < 4.78 is 33.3. The van der Waals surface area contributed by atoms with E-state index >= 15 is 0 Å². The number of hydrogen-bond donors (Lipinski definition) is 1. The summed E-state index contributed by atoms with van der Waals surface area (Å²) in [6.07, 6.45) is 0. The number of nitrogens with one attached hydrogen (secondary N) is 1. The van der Waals surface area contributed by atoms with Gasteiger partial charge in [-0.2, -0.15) is 0 Å².